The molecule has 146 valence electrons. The Kier molecular flexibility index (Phi) is 5.32. The van der Waals surface area contributed by atoms with Crippen LogP contribution in [0.15, 0.2) is 52.9 Å². The summed E-state index contributed by atoms with van der Waals surface area (Å²) in [5, 5.41) is 5.82. The number of nitrogens with one attached hydrogen (secondary N) is 2. The third kappa shape index (κ3) is 3.88. The fourth-order valence-electron chi connectivity index (χ4n) is 3.51. The molecule has 2 aromatic carbocycles. The van der Waals surface area contributed by atoms with Gasteiger partial charge in [-0.15, -0.1) is 0 Å². The first-order chi connectivity index (χ1) is 13.7. The lowest BCUT2D eigenvalue weighted by Gasteiger charge is -2.23. The van der Waals surface area contributed by atoms with Crippen LogP contribution in [-0.2, 0) is 0 Å². The first-order valence-electron chi connectivity index (χ1n) is 9.63. The summed E-state index contributed by atoms with van der Waals surface area (Å²) in [5.74, 6) is 0.661. The second-order valence-corrected chi connectivity index (χ2v) is 6.72. The molecule has 7 nitrogen and oxygen atoms in total. The second-order valence-electron chi connectivity index (χ2n) is 6.72. The summed E-state index contributed by atoms with van der Waals surface area (Å²) < 4.78 is 11.4. The van der Waals surface area contributed by atoms with Crippen molar-refractivity contribution in [3.05, 3.63) is 48.5 Å². The van der Waals surface area contributed by atoms with Crippen LogP contribution in [0.25, 0.3) is 11.1 Å². The van der Waals surface area contributed by atoms with Crippen molar-refractivity contribution in [3.63, 3.8) is 0 Å². The minimum Gasteiger partial charge on any atom is -0.492 e. The topological polar surface area (TPSA) is 79.6 Å². The molecule has 4 rings (SSSR count). The highest BCUT2D eigenvalue weighted by Gasteiger charge is 2.28. The van der Waals surface area contributed by atoms with Crippen molar-refractivity contribution in [1.29, 1.82) is 0 Å². The fraction of sp³-hybridized carbons (Fsp3) is 0.333. The van der Waals surface area contributed by atoms with Crippen LogP contribution in [0.4, 0.5) is 16.5 Å². The van der Waals surface area contributed by atoms with E-state index < -0.39 is 0 Å². The number of benzene rings is 2. The van der Waals surface area contributed by atoms with E-state index >= 15 is 0 Å². The van der Waals surface area contributed by atoms with E-state index in [0.29, 0.717) is 30.6 Å². The molecule has 1 aliphatic heterocycles. The summed E-state index contributed by atoms with van der Waals surface area (Å²) in [6.07, 6.45) is 2.02. The highest BCUT2D eigenvalue weighted by Crippen LogP contribution is 2.28. The zero-order valence-electron chi connectivity index (χ0n) is 15.9. The van der Waals surface area contributed by atoms with Crippen LogP contribution < -0.4 is 20.3 Å². The van der Waals surface area contributed by atoms with Gasteiger partial charge in [-0.1, -0.05) is 24.3 Å². The Morgan fingerprint density at radius 3 is 2.93 bits per heavy atom. The molecular weight excluding hydrogens is 356 g/mol. The van der Waals surface area contributed by atoms with E-state index in [-0.39, 0.29) is 12.1 Å². The zero-order chi connectivity index (χ0) is 19.3. The molecule has 1 unspecified atom stereocenters. The molecule has 1 saturated heterocycles. The Labute approximate surface area is 163 Å². The lowest BCUT2D eigenvalue weighted by atomic mass is 10.2. The predicted molar refractivity (Wildman–Crippen MR) is 109 cm³/mol. The van der Waals surface area contributed by atoms with Gasteiger partial charge in [-0.3, -0.25) is 0 Å². The van der Waals surface area contributed by atoms with E-state index in [1.165, 1.54) is 0 Å². The van der Waals surface area contributed by atoms with Gasteiger partial charge in [0.15, 0.2) is 5.58 Å². The molecule has 2 N–H and O–H groups in total. The average Bonchev–Trinajstić information content (AvgIpc) is 3.34. The van der Waals surface area contributed by atoms with Crippen molar-refractivity contribution in [3.8, 4) is 5.75 Å². The molecule has 28 heavy (non-hydrogen) atoms. The smallest absolute Gasteiger partial charge is 0.319 e. The Hall–Kier alpha value is -3.22. The Bertz CT molecular complexity index is 922. The minimum absolute atomic E-state index is 0.154. The van der Waals surface area contributed by atoms with Crippen molar-refractivity contribution in [1.82, 2.24) is 10.3 Å². The summed E-state index contributed by atoms with van der Waals surface area (Å²) in [5.41, 5.74) is 2.28. The predicted octanol–water partition coefficient (Wildman–Crippen LogP) is 4.02. The number of para-hydroxylation sites is 4. The summed E-state index contributed by atoms with van der Waals surface area (Å²) in [6, 6.07) is 15.7. The molecule has 1 atom stereocenters. The zero-order valence-corrected chi connectivity index (χ0v) is 15.9. The van der Waals surface area contributed by atoms with E-state index in [4.69, 9.17) is 9.15 Å². The molecule has 1 aliphatic rings. The summed E-state index contributed by atoms with van der Waals surface area (Å²) in [6.45, 7) is 3.84. The van der Waals surface area contributed by atoms with Crippen molar-refractivity contribution >= 4 is 28.8 Å². The van der Waals surface area contributed by atoms with E-state index in [0.717, 1.165) is 30.5 Å². The minimum atomic E-state index is -0.253. The third-order valence-corrected chi connectivity index (χ3v) is 4.84. The van der Waals surface area contributed by atoms with Crippen molar-refractivity contribution in [2.75, 3.05) is 29.9 Å². The number of carbonyl (C=O) groups is 1. The monoisotopic (exact) mass is 380 g/mol. The number of aromatic nitrogens is 1. The Morgan fingerprint density at radius 2 is 2.07 bits per heavy atom. The molecular formula is C21H24N4O3. The molecule has 2 heterocycles. The van der Waals surface area contributed by atoms with E-state index in [1.54, 1.807) is 0 Å². The Morgan fingerprint density at radius 1 is 1.25 bits per heavy atom. The van der Waals surface area contributed by atoms with Gasteiger partial charge in [-0.2, -0.15) is 4.98 Å². The van der Waals surface area contributed by atoms with Crippen molar-refractivity contribution < 1.29 is 13.9 Å². The molecule has 0 saturated carbocycles. The molecule has 0 spiro atoms. The van der Waals surface area contributed by atoms with Crippen LogP contribution in [0, 0.1) is 0 Å². The van der Waals surface area contributed by atoms with Gasteiger partial charge in [0.1, 0.15) is 11.3 Å². The van der Waals surface area contributed by atoms with Crippen molar-refractivity contribution in [2.45, 2.75) is 25.8 Å². The molecule has 0 bridgehead atoms. The SMILES string of the molecule is CCOc1ccccc1NC(=O)NCC1CCCN1c1nc2ccccc2o1. The van der Waals surface area contributed by atoms with Crippen LogP contribution in [0.1, 0.15) is 19.8 Å². The van der Waals surface area contributed by atoms with Gasteiger partial charge in [0, 0.05) is 13.1 Å². The molecule has 0 radical (unpaired) electrons. The molecule has 1 aromatic heterocycles. The van der Waals surface area contributed by atoms with Crippen LogP contribution in [0.3, 0.4) is 0 Å². The number of fused-ring (bicyclic) bond motifs is 1. The van der Waals surface area contributed by atoms with Gasteiger partial charge in [-0.25, -0.2) is 4.79 Å². The molecule has 7 heteroatoms. The maximum Gasteiger partial charge on any atom is 0.319 e. The maximum absolute atomic E-state index is 12.4. The summed E-state index contributed by atoms with van der Waals surface area (Å²) >= 11 is 0. The number of amides is 2. The average molecular weight is 380 g/mol. The largest absolute Gasteiger partial charge is 0.492 e. The molecule has 0 aliphatic carbocycles. The number of ether oxygens (including phenoxy) is 1. The summed E-state index contributed by atoms with van der Waals surface area (Å²) in [7, 11) is 0. The molecule has 2 amide bonds. The standard InChI is InChI=1S/C21H24N4O3/c1-2-27-18-11-5-3-9-16(18)23-20(26)22-14-15-8-7-13-25(15)21-24-17-10-4-6-12-19(17)28-21/h3-6,9-12,15H,2,7-8,13-14H2,1H3,(H2,22,23,26). The normalized spacial score (nSPS) is 16.3. The van der Waals surface area contributed by atoms with Crippen LogP contribution in [0.5, 0.6) is 5.75 Å². The highest BCUT2D eigenvalue weighted by atomic mass is 16.5. The quantitative estimate of drug-likeness (QED) is 0.675. The first kappa shape index (κ1) is 18.2. The van der Waals surface area contributed by atoms with Gasteiger partial charge in [0.25, 0.3) is 6.01 Å². The third-order valence-electron chi connectivity index (χ3n) is 4.84. The number of hydrogen-bond donors (Lipinski definition) is 2. The lowest BCUT2D eigenvalue weighted by molar-refractivity contribution is 0.251. The van der Waals surface area contributed by atoms with E-state index in [1.807, 2.05) is 55.5 Å². The Balaban J connectivity index is 1.38. The number of rotatable bonds is 6. The van der Waals surface area contributed by atoms with Crippen LogP contribution in [-0.4, -0.2) is 36.8 Å². The van der Waals surface area contributed by atoms with Crippen LogP contribution in [0.2, 0.25) is 0 Å². The second kappa shape index (κ2) is 8.21. The number of nitrogens with zero attached hydrogens (tertiary/aromatic N) is 2. The number of carbonyl (C=O) groups excluding carboxylic acids is 1. The first-order valence-corrected chi connectivity index (χ1v) is 9.63. The van der Waals surface area contributed by atoms with Gasteiger partial charge in [0.2, 0.25) is 0 Å². The molecule has 1 fully saturated rings. The van der Waals surface area contributed by atoms with Gasteiger partial charge in [-0.05, 0) is 44.0 Å². The van der Waals surface area contributed by atoms with Gasteiger partial charge >= 0.3 is 6.03 Å². The number of hydrogen-bond acceptors (Lipinski definition) is 5. The van der Waals surface area contributed by atoms with E-state index in [9.17, 15) is 4.79 Å². The number of anilines is 2. The van der Waals surface area contributed by atoms with Crippen LogP contribution >= 0.6 is 0 Å². The van der Waals surface area contributed by atoms with Gasteiger partial charge in [0.05, 0.1) is 18.3 Å². The highest BCUT2D eigenvalue weighted by molar-refractivity contribution is 5.90. The number of oxazole rings is 1. The van der Waals surface area contributed by atoms with Crippen molar-refractivity contribution in [2.24, 2.45) is 0 Å². The molecule has 3 aromatic rings. The lowest BCUT2D eigenvalue weighted by Crippen LogP contribution is -2.41. The van der Waals surface area contributed by atoms with E-state index in [2.05, 4.69) is 20.5 Å². The number of urea groups is 1. The summed E-state index contributed by atoms with van der Waals surface area (Å²) in [4.78, 5) is 19.1. The maximum atomic E-state index is 12.4. The fourth-order valence-corrected chi connectivity index (χ4v) is 3.51. The van der Waals surface area contributed by atoms with Gasteiger partial charge < -0.3 is 24.7 Å².